The summed E-state index contributed by atoms with van der Waals surface area (Å²) in [5.41, 5.74) is 0.191. The molecule has 0 fully saturated rings. The molecule has 3 N–H and O–H groups in total. The lowest BCUT2D eigenvalue weighted by Gasteiger charge is -2.12. The van der Waals surface area contributed by atoms with Crippen molar-refractivity contribution < 1.29 is 27.6 Å². The van der Waals surface area contributed by atoms with E-state index in [0.29, 0.717) is 11.4 Å². The number of alkyl halides is 3. The molecule has 2 aromatic carbocycles. The van der Waals surface area contributed by atoms with Crippen LogP contribution >= 0.6 is 0 Å². The molecule has 6 nitrogen and oxygen atoms in total. The van der Waals surface area contributed by atoms with Gasteiger partial charge in [0, 0.05) is 37.3 Å². The fraction of sp³-hybridized carbons (Fsp3) is 0.211. The summed E-state index contributed by atoms with van der Waals surface area (Å²) in [5.74, 6) is -1.30. The van der Waals surface area contributed by atoms with Gasteiger partial charge < -0.3 is 16.0 Å². The van der Waals surface area contributed by atoms with E-state index in [4.69, 9.17) is 0 Å². The smallest absolute Gasteiger partial charge is 0.348 e. The molecule has 0 radical (unpaired) electrons. The summed E-state index contributed by atoms with van der Waals surface area (Å²) >= 11 is 0. The van der Waals surface area contributed by atoms with Gasteiger partial charge >= 0.3 is 6.18 Å². The molecule has 0 atom stereocenters. The largest absolute Gasteiger partial charge is 0.416 e. The van der Waals surface area contributed by atoms with Gasteiger partial charge in [-0.1, -0.05) is 12.1 Å². The van der Waals surface area contributed by atoms with E-state index < -0.39 is 17.6 Å². The number of hydrogen-bond donors (Lipinski definition) is 3. The van der Waals surface area contributed by atoms with E-state index in [1.807, 2.05) is 0 Å². The molecule has 0 aliphatic rings. The number of hydrogen-bond acceptors (Lipinski definition) is 3. The van der Waals surface area contributed by atoms with Crippen LogP contribution in [0.1, 0.15) is 35.3 Å². The molecule has 0 bridgehead atoms. The molecule has 0 aliphatic carbocycles. The molecular formula is C19H18F3N3O3. The van der Waals surface area contributed by atoms with Crippen LogP contribution in [0.25, 0.3) is 0 Å². The second-order valence-corrected chi connectivity index (χ2v) is 6.04. The van der Waals surface area contributed by atoms with Crippen molar-refractivity contribution in [3.8, 4) is 0 Å². The summed E-state index contributed by atoms with van der Waals surface area (Å²) in [6.45, 7) is 2.46. The molecule has 2 aromatic rings. The van der Waals surface area contributed by atoms with Gasteiger partial charge in [0.2, 0.25) is 11.8 Å². The zero-order valence-corrected chi connectivity index (χ0v) is 15.1. The minimum absolute atomic E-state index is 0.122. The molecular weight excluding hydrogens is 375 g/mol. The lowest BCUT2D eigenvalue weighted by Crippen LogP contribution is -2.23. The van der Waals surface area contributed by atoms with Crippen LogP contribution in [0.2, 0.25) is 0 Å². The predicted molar refractivity (Wildman–Crippen MR) is 97.7 cm³/mol. The summed E-state index contributed by atoms with van der Waals surface area (Å²) < 4.78 is 38.3. The number of carbonyl (C=O) groups excluding carboxylic acids is 3. The third-order valence-electron chi connectivity index (χ3n) is 3.54. The molecule has 0 unspecified atom stereocenters. The molecule has 28 heavy (non-hydrogen) atoms. The van der Waals surface area contributed by atoms with Gasteiger partial charge in [0.05, 0.1) is 5.56 Å². The third kappa shape index (κ3) is 6.11. The van der Waals surface area contributed by atoms with Gasteiger partial charge in [0.25, 0.3) is 5.91 Å². The first-order chi connectivity index (χ1) is 13.0. The van der Waals surface area contributed by atoms with Crippen molar-refractivity contribution in [2.24, 2.45) is 0 Å². The number of rotatable bonds is 5. The van der Waals surface area contributed by atoms with Gasteiger partial charge in [-0.05, 0) is 35.9 Å². The number of carbonyl (C=O) groups is 3. The maximum atomic E-state index is 12.8. The highest BCUT2D eigenvalue weighted by Crippen LogP contribution is 2.29. The van der Waals surface area contributed by atoms with Crippen molar-refractivity contribution in [1.29, 1.82) is 0 Å². The van der Waals surface area contributed by atoms with Crippen LogP contribution in [0, 0.1) is 0 Å². The van der Waals surface area contributed by atoms with E-state index >= 15 is 0 Å². The Kier molecular flexibility index (Phi) is 6.40. The highest BCUT2D eigenvalue weighted by atomic mass is 19.4. The maximum absolute atomic E-state index is 12.8. The average Bonchev–Trinajstić information content (AvgIpc) is 2.57. The second kappa shape index (κ2) is 8.55. The summed E-state index contributed by atoms with van der Waals surface area (Å²) in [6, 6.07) is 8.90. The monoisotopic (exact) mass is 393 g/mol. The van der Waals surface area contributed by atoms with E-state index in [-0.39, 0.29) is 29.5 Å². The van der Waals surface area contributed by atoms with Crippen LogP contribution < -0.4 is 16.0 Å². The first-order valence-corrected chi connectivity index (χ1v) is 8.19. The van der Waals surface area contributed by atoms with Gasteiger partial charge in [-0.25, -0.2) is 0 Å². The molecule has 0 aromatic heterocycles. The third-order valence-corrected chi connectivity index (χ3v) is 3.54. The van der Waals surface area contributed by atoms with Crippen LogP contribution in [-0.4, -0.2) is 17.7 Å². The summed E-state index contributed by atoms with van der Waals surface area (Å²) in [5, 5.41) is 7.56. The zero-order valence-electron chi connectivity index (χ0n) is 15.1. The van der Waals surface area contributed by atoms with Crippen molar-refractivity contribution >= 4 is 29.1 Å². The fourth-order valence-electron chi connectivity index (χ4n) is 2.45. The van der Waals surface area contributed by atoms with Crippen molar-refractivity contribution in [2.75, 3.05) is 10.6 Å². The number of amides is 3. The number of halogens is 3. The Morgan fingerprint density at radius 3 is 1.96 bits per heavy atom. The molecule has 0 aliphatic heterocycles. The average molecular weight is 393 g/mol. The summed E-state index contributed by atoms with van der Waals surface area (Å²) in [6.07, 6.45) is -4.47. The number of nitrogens with one attached hydrogen (secondary N) is 3. The van der Waals surface area contributed by atoms with E-state index in [2.05, 4.69) is 16.0 Å². The van der Waals surface area contributed by atoms with Crippen LogP contribution in [0.4, 0.5) is 24.5 Å². The van der Waals surface area contributed by atoms with Crippen LogP contribution in [-0.2, 0) is 22.3 Å². The Hall–Kier alpha value is -3.36. The molecule has 0 spiro atoms. The summed E-state index contributed by atoms with van der Waals surface area (Å²) in [7, 11) is 0. The van der Waals surface area contributed by atoms with Crippen molar-refractivity contribution in [1.82, 2.24) is 5.32 Å². The predicted octanol–water partition coefficient (Wildman–Crippen LogP) is 3.55. The SMILES string of the molecule is CC(=O)Nc1cc(NC(C)=O)cc(C(=O)NCc2cccc(C(F)(F)F)c2)c1. The minimum Gasteiger partial charge on any atom is -0.348 e. The van der Waals surface area contributed by atoms with Crippen LogP contribution in [0.15, 0.2) is 42.5 Å². The Labute approximate surface area is 159 Å². The fourth-order valence-corrected chi connectivity index (χ4v) is 2.45. The summed E-state index contributed by atoms with van der Waals surface area (Å²) in [4.78, 5) is 34.9. The first kappa shape index (κ1) is 20.9. The topological polar surface area (TPSA) is 87.3 Å². The number of anilines is 2. The van der Waals surface area contributed by atoms with Crippen LogP contribution in [0.5, 0.6) is 0 Å². The Morgan fingerprint density at radius 1 is 0.893 bits per heavy atom. The van der Waals surface area contributed by atoms with E-state index in [0.717, 1.165) is 12.1 Å². The standard InChI is InChI=1S/C19H18F3N3O3/c1-11(26)24-16-7-14(8-17(9-16)25-12(2)27)18(28)23-10-13-4-3-5-15(6-13)19(20,21)22/h3-9H,10H2,1-2H3,(H,23,28)(H,24,26)(H,25,27). The number of benzene rings is 2. The van der Waals surface area contributed by atoms with E-state index in [9.17, 15) is 27.6 Å². The highest BCUT2D eigenvalue weighted by Gasteiger charge is 2.30. The first-order valence-electron chi connectivity index (χ1n) is 8.19. The van der Waals surface area contributed by atoms with Crippen molar-refractivity contribution in [3.63, 3.8) is 0 Å². The molecule has 2 rings (SSSR count). The van der Waals surface area contributed by atoms with Crippen molar-refractivity contribution in [3.05, 3.63) is 59.2 Å². The lowest BCUT2D eigenvalue weighted by atomic mass is 10.1. The molecule has 0 heterocycles. The van der Waals surface area contributed by atoms with E-state index in [1.54, 1.807) is 0 Å². The van der Waals surface area contributed by atoms with Gasteiger partial charge in [0.15, 0.2) is 0 Å². The van der Waals surface area contributed by atoms with Gasteiger partial charge in [0.1, 0.15) is 0 Å². The molecule has 9 heteroatoms. The quantitative estimate of drug-likeness (QED) is 0.726. The normalized spacial score (nSPS) is 10.9. The zero-order chi connectivity index (χ0) is 20.9. The minimum atomic E-state index is -4.47. The maximum Gasteiger partial charge on any atom is 0.416 e. The van der Waals surface area contributed by atoms with Gasteiger partial charge in [-0.15, -0.1) is 0 Å². The Bertz CT molecular complexity index is 877. The molecule has 0 saturated heterocycles. The van der Waals surface area contributed by atoms with Crippen molar-refractivity contribution in [2.45, 2.75) is 26.6 Å². The molecule has 148 valence electrons. The lowest BCUT2D eigenvalue weighted by molar-refractivity contribution is -0.137. The van der Waals surface area contributed by atoms with Gasteiger partial charge in [-0.2, -0.15) is 13.2 Å². The van der Waals surface area contributed by atoms with Gasteiger partial charge in [-0.3, -0.25) is 14.4 Å². The Balaban J connectivity index is 2.19. The Morgan fingerprint density at radius 2 is 1.46 bits per heavy atom. The molecule has 0 saturated carbocycles. The molecule has 3 amide bonds. The second-order valence-electron chi connectivity index (χ2n) is 6.04. The highest BCUT2D eigenvalue weighted by molar-refractivity contribution is 5.99. The van der Waals surface area contributed by atoms with Crippen LogP contribution in [0.3, 0.4) is 0 Å². The van der Waals surface area contributed by atoms with E-state index in [1.165, 1.54) is 44.2 Å².